The minimum atomic E-state index is -3.59. The van der Waals surface area contributed by atoms with Crippen molar-refractivity contribution in [2.45, 2.75) is 11.6 Å². The predicted octanol–water partition coefficient (Wildman–Crippen LogP) is -0.831. The van der Waals surface area contributed by atoms with Crippen LogP contribution < -0.4 is 10.0 Å². The summed E-state index contributed by atoms with van der Waals surface area (Å²) in [5, 5.41) is 2.71. The first-order chi connectivity index (χ1) is 9.19. The van der Waals surface area contributed by atoms with E-state index in [9.17, 15) is 16.8 Å². The Kier molecular flexibility index (Phi) is 5.71. The molecule has 0 atom stereocenters. The average molecular weight is 325 g/mol. The molecule has 0 saturated heterocycles. The molecule has 0 unspecified atom stereocenters. The summed E-state index contributed by atoms with van der Waals surface area (Å²) in [5.41, 5.74) is 0. The summed E-state index contributed by atoms with van der Waals surface area (Å²) >= 11 is 0. The molecule has 0 saturated carbocycles. The molecule has 1 heterocycles. The van der Waals surface area contributed by atoms with Gasteiger partial charge < -0.3 is 9.73 Å². The van der Waals surface area contributed by atoms with E-state index in [1.807, 2.05) is 0 Å². The number of furan rings is 1. The molecule has 0 aliphatic heterocycles. The van der Waals surface area contributed by atoms with Crippen molar-refractivity contribution in [1.82, 2.24) is 14.3 Å². The highest BCUT2D eigenvalue weighted by Gasteiger charge is 2.16. The fraction of sp³-hybridized carbons (Fsp3) is 0.600. The highest BCUT2D eigenvalue weighted by Crippen LogP contribution is 2.13. The first kappa shape index (κ1) is 17.1. The van der Waals surface area contributed by atoms with E-state index in [4.69, 9.17) is 4.42 Å². The van der Waals surface area contributed by atoms with Crippen molar-refractivity contribution in [3.63, 3.8) is 0 Å². The Morgan fingerprint density at radius 1 is 1.20 bits per heavy atom. The Morgan fingerprint density at radius 3 is 2.40 bits per heavy atom. The van der Waals surface area contributed by atoms with Crippen molar-refractivity contribution < 1.29 is 21.3 Å². The maximum atomic E-state index is 11.5. The fourth-order valence-electron chi connectivity index (χ4n) is 1.29. The Balaban J connectivity index is 2.49. The lowest BCUT2D eigenvalue weighted by Crippen LogP contribution is -2.30. The van der Waals surface area contributed by atoms with Crippen LogP contribution in [0.5, 0.6) is 0 Å². The van der Waals surface area contributed by atoms with E-state index in [1.54, 1.807) is 0 Å². The van der Waals surface area contributed by atoms with Crippen LogP contribution in [0.15, 0.2) is 21.6 Å². The van der Waals surface area contributed by atoms with Crippen LogP contribution in [-0.4, -0.2) is 54.6 Å². The Bertz CT molecular complexity index is 634. The molecule has 0 aliphatic rings. The van der Waals surface area contributed by atoms with E-state index in [-0.39, 0.29) is 23.9 Å². The number of sulfonamides is 2. The minimum Gasteiger partial charge on any atom is -0.447 e. The monoisotopic (exact) mass is 325 g/mol. The van der Waals surface area contributed by atoms with Crippen LogP contribution in [0.1, 0.15) is 5.76 Å². The summed E-state index contributed by atoms with van der Waals surface area (Å²) in [6.45, 7) is 0.498. The molecule has 8 nitrogen and oxygen atoms in total. The van der Waals surface area contributed by atoms with Gasteiger partial charge in [0.05, 0.1) is 12.3 Å². The topological polar surface area (TPSA) is 109 Å². The normalized spacial score (nSPS) is 13.0. The number of hydrogen-bond acceptors (Lipinski definition) is 6. The van der Waals surface area contributed by atoms with Gasteiger partial charge in [-0.15, -0.1) is 0 Å². The standard InChI is InChI=1S/C10H19N3O5S2/c1-11-20(16,17)10-5-4-9(18-10)8-12-6-7-19(14,15)13(2)3/h4-5,11-12H,6-8H2,1-3H3. The van der Waals surface area contributed by atoms with Gasteiger partial charge in [0.25, 0.3) is 10.0 Å². The summed E-state index contributed by atoms with van der Waals surface area (Å²) in [6.07, 6.45) is 0. The maximum absolute atomic E-state index is 11.5. The molecular formula is C10H19N3O5S2. The lowest BCUT2D eigenvalue weighted by molar-refractivity contribution is 0.402. The van der Waals surface area contributed by atoms with Gasteiger partial charge in [0.1, 0.15) is 5.76 Å². The van der Waals surface area contributed by atoms with Crippen LogP contribution in [0, 0.1) is 0 Å². The molecule has 0 spiro atoms. The predicted molar refractivity (Wildman–Crippen MR) is 74.1 cm³/mol. The zero-order valence-electron chi connectivity index (χ0n) is 11.6. The highest BCUT2D eigenvalue weighted by atomic mass is 32.2. The third kappa shape index (κ3) is 4.56. The van der Waals surface area contributed by atoms with Gasteiger partial charge in [-0.3, -0.25) is 0 Å². The Hall–Kier alpha value is -0.940. The van der Waals surface area contributed by atoms with Crippen molar-refractivity contribution in [2.75, 3.05) is 33.4 Å². The maximum Gasteiger partial charge on any atom is 0.273 e. The largest absolute Gasteiger partial charge is 0.447 e. The minimum absolute atomic E-state index is 0.0393. The third-order valence-electron chi connectivity index (χ3n) is 2.56. The van der Waals surface area contributed by atoms with Crippen LogP contribution in [0.2, 0.25) is 0 Å². The van der Waals surface area contributed by atoms with E-state index in [0.717, 1.165) is 4.31 Å². The molecule has 2 N–H and O–H groups in total. The average Bonchev–Trinajstić information content (AvgIpc) is 2.84. The van der Waals surface area contributed by atoms with Crippen molar-refractivity contribution in [3.8, 4) is 0 Å². The van der Waals surface area contributed by atoms with Crippen LogP contribution in [0.3, 0.4) is 0 Å². The van der Waals surface area contributed by atoms with Gasteiger partial charge >= 0.3 is 0 Å². The van der Waals surface area contributed by atoms with Crippen LogP contribution in [0.25, 0.3) is 0 Å². The summed E-state index contributed by atoms with van der Waals surface area (Å²) in [4.78, 5) is 0. The third-order valence-corrected chi connectivity index (χ3v) is 5.68. The van der Waals surface area contributed by atoms with E-state index >= 15 is 0 Å². The molecule has 1 aromatic rings. The van der Waals surface area contributed by atoms with Crippen molar-refractivity contribution in [1.29, 1.82) is 0 Å². The van der Waals surface area contributed by atoms with Gasteiger partial charge in [0.15, 0.2) is 0 Å². The van der Waals surface area contributed by atoms with E-state index in [2.05, 4.69) is 10.0 Å². The molecule has 1 aromatic heterocycles. The first-order valence-electron chi connectivity index (χ1n) is 5.82. The quantitative estimate of drug-likeness (QED) is 0.604. The number of hydrogen-bond donors (Lipinski definition) is 2. The molecule has 20 heavy (non-hydrogen) atoms. The van der Waals surface area contributed by atoms with Gasteiger partial charge in [-0.25, -0.2) is 25.9 Å². The second-order valence-electron chi connectivity index (χ2n) is 4.20. The van der Waals surface area contributed by atoms with E-state index in [1.165, 1.54) is 33.3 Å². The first-order valence-corrected chi connectivity index (χ1v) is 8.91. The van der Waals surface area contributed by atoms with Crippen molar-refractivity contribution >= 4 is 20.0 Å². The Morgan fingerprint density at radius 2 is 1.85 bits per heavy atom. The van der Waals surface area contributed by atoms with Crippen LogP contribution in [-0.2, 0) is 26.6 Å². The lowest BCUT2D eigenvalue weighted by atomic mass is 10.4. The fourth-order valence-corrected chi connectivity index (χ4v) is 2.73. The van der Waals surface area contributed by atoms with Crippen molar-refractivity contribution in [2.24, 2.45) is 0 Å². The second-order valence-corrected chi connectivity index (χ2v) is 8.32. The molecule has 0 radical (unpaired) electrons. The molecule has 10 heteroatoms. The molecule has 0 aliphatic carbocycles. The molecular weight excluding hydrogens is 306 g/mol. The van der Waals surface area contributed by atoms with E-state index in [0.29, 0.717) is 5.76 Å². The number of nitrogens with one attached hydrogen (secondary N) is 2. The van der Waals surface area contributed by atoms with Gasteiger partial charge in [-0.1, -0.05) is 0 Å². The summed E-state index contributed by atoms with van der Waals surface area (Å²) < 4.78 is 54.3. The highest BCUT2D eigenvalue weighted by molar-refractivity contribution is 7.89. The lowest BCUT2D eigenvalue weighted by Gasteiger charge is -2.11. The summed E-state index contributed by atoms with van der Waals surface area (Å²) in [5.74, 6) is 0.378. The Labute approximate surface area is 119 Å². The van der Waals surface area contributed by atoms with E-state index < -0.39 is 20.0 Å². The zero-order chi connectivity index (χ0) is 15.4. The van der Waals surface area contributed by atoms with Crippen molar-refractivity contribution in [3.05, 3.63) is 17.9 Å². The number of rotatable bonds is 8. The molecule has 0 fully saturated rings. The summed E-state index contributed by atoms with van der Waals surface area (Å²) in [7, 11) is -2.60. The summed E-state index contributed by atoms with van der Waals surface area (Å²) in [6, 6.07) is 2.87. The SMILES string of the molecule is CNS(=O)(=O)c1ccc(CNCCS(=O)(=O)N(C)C)o1. The molecule has 1 rings (SSSR count). The van der Waals surface area contributed by atoms with Gasteiger partial charge in [-0.2, -0.15) is 0 Å². The smallest absolute Gasteiger partial charge is 0.273 e. The second kappa shape index (κ2) is 6.68. The zero-order valence-corrected chi connectivity index (χ0v) is 13.2. The van der Waals surface area contributed by atoms with Gasteiger partial charge in [0, 0.05) is 20.6 Å². The molecule has 0 aromatic carbocycles. The molecule has 0 bridgehead atoms. The molecule has 0 amide bonds. The van der Waals surface area contributed by atoms with Gasteiger partial charge in [0.2, 0.25) is 15.1 Å². The van der Waals surface area contributed by atoms with Crippen LogP contribution >= 0.6 is 0 Å². The van der Waals surface area contributed by atoms with Crippen LogP contribution in [0.4, 0.5) is 0 Å². The molecule has 116 valence electrons. The van der Waals surface area contributed by atoms with Gasteiger partial charge in [-0.05, 0) is 19.2 Å². The number of nitrogens with zero attached hydrogens (tertiary/aromatic N) is 1.